The molecule has 0 aromatic heterocycles. The average Bonchev–Trinajstić information content (AvgIpc) is 2.36. The first-order chi connectivity index (χ1) is 4.33. The molecular weight excluding hydrogens is 118 g/mol. The van der Waals surface area contributed by atoms with E-state index in [4.69, 9.17) is 4.74 Å². The Morgan fingerprint density at radius 1 is 1.78 bits per heavy atom. The lowest BCUT2D eigenvalue weighted by Crippen LogP contribution is -2.40. The summed E-state index contributed by atoms with van der Waals surface area (Å²) in [5, 5.41) is 2.86. The molecule has 1 atom stereocenters. The molecule has 0 amide bonds. The van der Waals surface area contributed by atoms with E-state index in [-0.39, 0.29) is 0 Å². The van der Waals surface area contributed by atoms with Crippen LogP contribution < -0.4 is 5.32 Å². The third-order valence-corrected chi connectivity index (χ3v) is 1.32. The van der Waals surface area contributed by atoms with Gasteiger partial charge in [-0.05, 0) is 6.08 Å². The fourth-order valence-electron chi connectivity index (χ4n) is 0.772. The second kappa shape index (κ2) is 2.29. The summed E-state index contributed by atoms with van der Waals surface area (Å²) in [6.45, 7) is 4.75. The number of nitrogens with one attached hydrogen (secondary N) is 1. The Hall–Kier alpha value is -0.670. The Balaban J connectivity index is 2.66. The van der Waals surface area contributed by atoms with E-state index in [0.717, 1.165) is 0 Å². The standard InChI is InChI=1S/C6H9NO2/c1-2-6(5-8)7-3-4-9-6/h2,5,7H,1,3-4H2. The monoisotopic (exact) mass is 127 g/mol. The molecule has 3 nitrogen and oxygen atoms in total. The van der Waals surface area contributed by atoms with Crippen molar-refractivity contribution in [3.05, 3.63) is 12.7 Å². The first-order valence-corrected chi connectivity index (χ1v) is 2.82. The summed E-state index contributed by atoms with van der Waals surface area (Å²) in [6.07, 6.45) is 2.18. The van der Waals surface area contributed by atoms with Crippen LogP contribution in [0.5, 0.6) is 0 Å². The fourth-order valence-corrected chi connectivity index (χ4v) is 0.772. The van der Waals surface area contributed by atoms with Crippen LogP contribution in [0.25, 0.3) is 0 Å². The zero-order valence-electron chi connectivity index (χ0n) is 5.09. The van der Waals surface area contributed by atoms with Gasteiger partial charge in [-0.2, -0.15) is 0 Å². The highest BCUT2D eigenvalue weighted by Gasteiger charge is 2.30. The van der Waals surface area contributed by atoms with Crippen LogP contribution in [0.4, 0.5) is 0 Å². The van der Waals surface area contributed by atoms with E-state index in [1.165, 1.54) is 6.08 Å². The lowest BCUT2D eigenvalue weighted by Gasteiger charge is -2.15. The molecule has 0 aromatic carbocycles. The molecule has 3 heteroatoms. The zero-order chi connectivity index (χ0) is 6.74. The molecule has 0 spiro atoms. The topological polar surface area (TPSA) is 38.3 Å². The predicted molar refractivity (Wildman–Crippen MR) is 32.9 cm³/mol. The van der Waals surface area contributed by atoms with Gasteiger partial charge in [0.1, 0.15) is 0 Å². The number of aldehydes is 1. The summed E-state index contributed by atoms with van der Waals surface area (Å²) in [6, 6.07) is 0. The maximum Gasteiger partial charge on any atom is 0.194 e. The highest BCUT2D eigenvalue weighted by atomic mass is 16.5. The summed E-state index contributed by atoms with van der Waals surface area (Å²) in [7, 11) is 0. The summed E-state index contributed by atoms with van der Waals surface area (Å²) in [5.74, 6) is 0. The Morgan fingerprint density at radius 2 is 2.56 bits per heavy atom. The lowest BCUT2D eigenvalue weighted by molar-refractivity contribution is -0.122. The van der Waals surface area contributed by atoms with Gasteiger partial charge >= 0.3 is 0 Å². The maximum absolute atomic E-state index is 10.3. The maximum atomic E-state index is 10.3. The second-order valence-corrected chi connectivity index (χ2v) is 1.89. The zero-order valence-corrected chi connectivity index (χ0v) is 5.09. The normalized spacial score (nSPS) is 34.2. The third-order valence-electron chi connectivity index (χ3n) is 1.32. The summed E-state index contributed by atoms with van der Waals surface area (Å²) >= 11 is 0. The summed E-state index contributed by atoms with van der Waals surface area (Å²) in [5.41, 5.74) is -0.889. The Kier molecular flexibility index (Phi) is 1.64. The van der Waals surface area contributed by atoms with Crippen molar-refractivity contribution in [3.8, 4) is 0 Å². The smallest absolute Gasteiger partial charge is 0.194 e. The third kappa shape index (κ3) is 1.01. The molecule has 1 unspecified atom stereocenters. The first-order valence-electron chi connectivity index (χ1n) is 2.82. The molecule has 0 aromatic rings. The van der Waals surface area contributed by atoms with Crippen molar-refractivity contribution in [3.63, 3.8) is 0 Å². The van der Waals surface area contributed by atoms with Crippen LogP contribution in [-0.2, 0) is 9.53 Å². The van der Waals surface area contributed by atoms with E-state index in [0.29, 0.717) is 19.4 Å². The van der Waals surface area contributed by atoms with E-state index in [9.17, 15) is 4.79 Å². The lowest BCUT2D eigenvalue weighted by atomic mass is 10.3. The number of hydrogen-bond donors (Lipinski definition) is 1. The van der Waals surface area contributed by atoms with Crippen molar-refractivity contribution in [1.82, 2.24) is 5.32 Å². The van der Waals surface area contributed by atoms with Gasteiger partial charge in [0.05, 0.1) is 6.61 Å². The average molecular weight is 127 g/mol. The molecule has 0 saturated carbocycles. The van der Waals surface area contributed by atoms with Crippen LogP contribution in [0.3, 0.4) is 0 Å². The van der Waals surface area contributed by atoms with E-state index >= 15 is 0 Å². The molecule has 1 aliphatic rings. The van der Waals surface area contributed by atoms with E-state index in [1.54, 1.807) is 0 Å². The highest BCUT2D eigenvalue weighted by Crippen LogP contribution is 2.08. The van der Waals surface area contributed by atoms with Gasteiger partial charge in [0.15, 0.2) is 12.0 Å². The van der Waals surface area contributed by atoms with Crippen molar-refractivity contribution in [2.75, 3.05) is 13.2 Å². The van der Waals surface area contributed by atoms with Crippen LogP contribution in [0.2, 0.25) is 0 Å². The Bertz CT molecular complexity index is 117. The van der Waals surface area contributed by atoms with Gasteiger partial charge in [-0.3, -0.25) is 10.1 Å². The molecule has 1 rings (SSSR count). The van der Waals surface area contributed by atoms with Crippen LogP contribution in [0, 0.1) is 0 Å². The van der Waals surface area contributed by atoms with Crippen LogP contribution in [0.15, 0.2) is 12.7 Å². The largest absolute Gasteiger partial charge is 0.349 e. The number of carbonyl (C=O) groups is 1. The van der Waals surface area contributed by atoms with Crippen molar-refractivity contribution < 1.29 is 9.53 Å². The number of carbonyl (C=O) groups excluding carboxylic acids is 1. The van der Waals surface area contributed by atoms with Gasteiger partial charge in [0, 0.05) is 6.54 Å². The van der Waals surface area contributed by atoms with Crippen LogP contribution >= 0.6 is 0 Å². The molecule has 0 aliphatic carbocycles. The van der Waals surface area contributed by atoms with Gasteiger partial charge in [0.2, 0.25) is 0 Å². The molecular formula is C6H9NO2. The predicted octanol–water partition coefficient (Wildman–Crippen LogP) is -0.313. The first kappa shape index (κ1) is 6.45. The van der Waals surface area contributed by atoms with Gasteiger partial charge in [0.25, 0.3) is 0 Å². The molecule has 1 fully saturated rings. The van der Waals surface area contributed by atoms with Crippen molar-refractivity contribution in [2.24, 2.45) is 0 Å². The molecule has 1 N–H and O–H groups in total. The molecule has 1 saturated heterocycles. The minimum absolute atomic E-state index is 0.574. The van der Waals surface area contributed by atoms with Crippen molar-refractivity contribution in [1.29, 1.82) is 0 Å². The van der Waals surface area contributed by atoms with Gasteiger partial charge in [-0.25, -0.2) is 0 Å². The number of rotatable bonds is 2. The van der Waals surface area contributed by atoms with E-state index < -0.39 is 5.72 Å². The van der Waals surface area contributed by atoms with Crippen molar-refractivity contribution >= 4 is 6.29 Å². The fraction of sp³-hybridized carbons (Fsp3) is 0.500. The minimum atomic E-state index is -0.889. The van der Waals surface area contributed by atoms with E-state index in [2.05, 4.69) is 11.9 Å². The van der Waals surface area contributed by atoms with Gasteiger partial charge in [-0.15, -0.1) is 0 Å². The number of hydrogen-bond acceptors (Lipinski definition) is 3. The van der Waals surface area contributed by atoms with E-state index in [1.807, 2.05) is 0 Å². The molecule has 9 heavy (non-hydrogen) atoms. The molecule has 50 valence electrons. The quantitative estimate of drug-likeness (QED) is 0.408. The van der Waals surface area contributed by atoms with Crippen LogP contribution in [0.1, 0.15) is 0 Å². The summed E-state index contributed by atoms with van der Waals surface area (Å²) < 4.78 is 5.04. The Morgan fingerprint density at radius 3 is 2.78 bits per heavy atom. The number of ether oxygens (including phenoxy) is 1. The Labute approximate surface area is 53.7 Å². The highest BCUT2D eigenvalue weighted by molar-refractivity contribution is 5.65. The van der Waals surface area contributed by atoms with Crippen LogP contribution in [-0.4, -0.2) is 25.2 Å². The summed E-state index contributed by atoms with van der Waals surface area (Å²) in [4.78, 5) is 10.3. The molecule has 1 heterocycles. The molecule has 1 aliphatic heterocycles. The minimum Gasteiger partial charge on any atom is -0.349 e. The molecule has 0 radical (unpaired) electrons. The second-order valence-electron chi connectivity index (χ2n) is 1.89. The van der Waals surface area contributed by atoms with Gasteiger partial charge < -0.3 is 4.74 Å². The van der Waals surface area contributed by atoms with Gasteiger partial charge in [-0.1, -0.05) is 6.58 Å². The SMILES string of the molecule is C=CC1(C=O)NCCO1. The molecule has 0 bridgehead atoms. The van der Waals surface area contributed by atoms with Crippen molar-refractivity contribution in [2.45, 2.75) is 5.72 Å².